The molecule has 118 valence electrons. The molecule has 6 heteroatoms. The van der Waals surface area contributed by atoms with Crippen molar-refractivity contribution in [2.75, 3.05) is 6.54 Å². The predicted octanol–water partition coefficient (Wildman–Crippen LogP) is 3.07. The molecule has 0 fully saturated rings. The van der Waals surface area contributed by atoms with Crippen LogP contribution in [0.5, 0.6) is 5.75 Å². The first kappa shape index (κ1) is 16.3. The Morgan fingerprint density at radius 2 is 2.05 bits per heavy atom. The zero-order valence-corrected chi connectivity index (χ0v) is 12.1. The van der Waals surface area contributed by atoms with Crippen LogP contribution in [0, 0.1) is 0 Å². The molecule has 2 aromatic rings. The van der Waals surface area contributed by atoms with Crippen LogP contribution in [0.1, 0.15) is 30.3 Å². The van der Waals surface area contributed by atoms with Crippen LogP contribution in [0.3, 0.4) is 0 Å². The van der Waals surface area contributed by atoms with E-state index in [1.807, 2.05) is 25.1 Å². The molecule has 2 atom stereocenters. The molecular formula is C16H18F2N2O2. The minimum Gasteiger partial charge on any atom is -0.435 e. The molecule has 1 aromatic heterocycles. The lowest BCUT2D eigenvalue weighted by molar-refractivity contribution is -0.0499. The number of pyridine rings is 1. The summed E-state index contributed by atoms with van der Waals surface area (Å²) in [4.78, 5) is 4.23. The van der Waals surface area contributed by atoms with E-state index in [0.29, 0.717) is 5.56 Å². The predicted molar refractivity (Wildman–Crippen MR) is 78.7 cm³/mol. The Kier molecular flexibility index (Phi) is 5.80. The van der Waals surface area contributed by atoms with Gasteiger partial charge >= 0.3 is 6.61 Å². The summed E-state index contributed by atoms with van der Waals surface area (Å²) in [5.41, 5.74) is 1.38. The van der Waals surface area contributed by atoms with Crippen LogP contribution in [0.25, 0.3) is 0 Å². The molecule has 0 saturated carbocycles. The van der Waals surface area contributed by atoms with E-state index in [1.165, 1.54) is 12.1 Å². The van der Waals surface area contributed by atoms with Gasteiger partial charge in [0.1, 0.15) is 5.75 Å². The number of halogens is 2. The van der Waals surface area contributed by atoms with Gasteiger partial charge in [0.25, 0.3) is 0 Å². The van der Waals surface area contributed by atoms with Crippen LogP contribution >= 0.6 is 0 Å². The summed E-state index contributed by atoms with van der Waals surface area (Å²) < 4.78 is 28.7. The van der Waals surface area contributed by atoms with E-state index in [9.17, 15) is 13.9 Å². The van der Waals surface area contributed by atoms with E-state index < -0.39 is 12.7 Å². The molecule has 2 unspecified atom stereocenters. The Balaban J connectivity index is 1.93. The highest BCUT2D eigenvalue weighted by Gasteiger charge is 2.13. The third-order valence-corrected chi connectivity index (χ3v) is 3.22. The molecule has 0 bridgehead atoms. The number of aliphatic hydroxyl groups is 1. The van der Waals surface area contributed by atoms with Crippen LogP contribution in [-0.4, -0.2) is 23.2 Å². The normalized spacial score (nSPS) is 13.9. The van der Waals surface area contributed by atoms with Crippen molar-refractivity contribution < 1.29 is 18.6 Å². The van der Waals surface area contributed by atoms with E-state index in [2.05, 4.69) is 15.0 Å². The molecule has 1 aromatic carbocycles. The van der Waals surface area contributed by atoms with Gasteiger partial charge in [0.15, 0.2) is 0 Å². The van der Waals surface area contributed by atoms with Gasteiger partial charge in [-0.15, -0.1) is 0 Å². The van der Waals surface area contributed by atoms with E-state index in [1.54, 1.807) is 18.3 Å². The maximum atomic E-state index is 12.2. The molecule has 2 rings (SSSR count). The van der Waals surface area contributed by atoms with Crippen molar-refractivity contribution in [3.8, 4) is 5.75 Å². The second-order valence-corrected chi connectivity index (χ2v) is 4.85. The molecule has 1 heterocycles. The molecule has 0 spiro atoms. The van der Waals surface area contributed by atoms with Crippen molar-refractivity contribution in [3.63, 3.8) is 0 Å². The van der Waals surface area contributed by atoms with Gasteiger partial charge in [-0.25, -0.2) is 0 Å². The molecule has 0 radical (unpaired) electrons. The van der Waals surface area contributed by atoms with E-state index >= 15 is 0 Å². The minimum absolute atomic E-state index is 0.0312. The summed E-state index contributed by atoms with van der Waals surface area (Å²) in [6, 6.07) is 11.6. The van der Waals surface area contributed by atoms with Gasteiger partial charge in [-0.3, -0.25) is 4.98 Å². The summed E-state index contributed by atoms with van der Waals surface area (Å²) in [6.45, 7) is -0.670. The number of aromatic nitrogens is 1. The van der Waals surface area contributed by atoms with Gasteiger partial charge in [0, 0.05) is 18.8 Å². The number of aliphatic hydroxyl groups excluding tert-OH is 1. The number of hydrogen-bond donors (Lipinski definition) is 2. The second kappa shape index (κ2) is 7.82. The first-order chi connectivity index (χ1) is 10.6. The minimum atomic E-state index is -2.88. The van der Waals surface area contributed by atoms with Crippen molar-refractivity contribution in [2.45, 2.75) is 25.7 Å². The fourth-order valence-electron chi connectivity index (χ4n) is 2.04. The Hall–Kier alpha value is -2.05. The average molecular weight is 308 g/mol. The maximum absolute atomic E-state index is 12.2. The van der Waals surface area contributed by atoms with E-state index in [4.69, 9.17) is 0 Å². The number of nitrogens with one attached hydrogen (secondary N) is 1. The fraction of sp³-hybridized carbons (Fsp3) is 0.312. The molecule has 22 heavy (non-hydrogen) atoms. The lowest BCUT2D eigenvalue weighted by atomic mass is 10.1. The molecule has 0 amide bonds. The number of rotatable bonds is 7. The topological polar surface area (TPSA) is 54.4 Å². The molecule has 0 aliphatic heterocycles. The SMILES string of the molecule is CC(NCC(O)c1cccc(OC(F)F)c1)c1ccccn1. The zero-order valence-electron chi connectivity index (χ0n) is 12.1. The first-order valence-corrected chi connectivity index (χ1v) is 6.93. The van der Waals surface area contributed by atoms with Crippen LogP contribution < -0.4 is 10.1 Å². The molecule has 0 saturated heterocycles. The van der Waals surface area contributed by atoms with Crippen molar-refractivity contribution in [2.24, 2.45) is 0 Å². The molecular weight excluding hydrogens is 290 g/mol. The Labute approximate surface area is 127 Å². The average Bonchev–Trinajstić information content (AvgIpc) is 2.52. The van der Waals surface area contributed by atoms with Crippen molar-refractivity contribution in [1.29, 1.82) is 0 Å². The van der Waals surface area contributed by atoms with Crippen LogP contribution in [-0.2, 0) is 0 Å². The number of benzene rings is 1. The molecule has 4 nitrogen and oxygen atoms in total. The quantitative estimate of drug-likeness (QED) is 0.825. The summed E-state index contributed by atoms with van der Waals surface area (Å²) in [5.74, 6) is 0.0318. The Morgan fingerprint density at radius 3 is 2.73 bits per heavy atom. The van der Waals surface area contributed by atoms with Gasteiger partial charge in [-0.05, 0) is 36.8 Å². The number of hydrogen-bond acceptors (Lipinski definition) is 4. The number of ether oxygens (including phenoxy) is 1. The summed E-state index contributed by atoms with van der Waals surface area (Å²) >= 11 is 0. The molecule has 0 aliphatic rings. The largest absolute Gasteiger partial charge is 0.435 e. The van der Waals surface area contributed by atoms with Crippen LogP contribution in [0.15, 0.2) is 48.7 Å². The Bertz CT molecular complexity index is 581. The third-order valence-electron chi connectivity index (χ3n) is 3.22. The summed E-state index contributed by atoms with van der Waals surface area (Å²) in [5, 5.41) is 13.3. The summed E-state index contributed by atoms with van der Waals surface area (Å²) in [7, 11) is 0. The van der Waals surface area contributed by atoms with Gasteiger partial charge in [0.05, 0.1) is 11.8 Å². The Morgan fingerprint density at radius 1 is 1.23 bits per heavy atom. The van der Waals surface area contributed by atoms with Gasteiger partial charge in [0.2, 0.25) is 0 Å². The third kappa shape index (κ3) is 4.75. The highest BCUT2D eigenvalue weighted by Crippen LogP contribution is 2.21. The second-order valence-electron chi connectivity index (χ2n) is 4.85. The van der Waals surface area contributed by atoms with E-state index in [-0.39, 0.29) is 18.3 Å². The molecule has 0 aliphatic carbocycles. The lowest BCUT2D eigenvalue weighted by Crippen LogP contribution is -2.25. The van der Waals surface area contributed by atoms with Gasteiger partial charge < -0.3 is 15.2 Å². The van der Waals surface area contributed by atoms with Crippen molar-refractivity contribution >= 4 is 0 Å². The monoisotopic (exact) mass is 308 g/mol. The smallest absolute Gasteiger partial charge is 0.387 e. The van der Waals surface area contributed by atoms with Gasteiger partial charge in [-0.1, -0.05) is 18.2 Å². The highest BCUT2D eigenvalue weighted by molar-refractivity contribution is 5.30. The van der Waals surface area contributed by atoms with E-state index in [0.717, 1.165) is 5.69 Å². The zero-order chi connectivity index (χ0) is 15.9. The highest BCUT2D eigenvalue weighted by atomic mass is 19.3. The first-order valence-electron chi connectivity index (χ1n) is 6.93. The fourth-order valence-corrected chi connectivity index (χ4v) is 2.04. The number of alkyl halides is 2. The standard InChI is InChI=1S/C16H18F2N2O2/c1-11(14-7-2-3-8-19-14)20-10-15(21)12-5-4-6-13(9-12)22-16(17)18/h2-9,11,15-16,20-21H,10H2,1H3. The number of nitrogens with zero attached hydrogens (tertiary/aromatic N) is 1. The van der Waals surface area contributed by atoms with Gasteiger partial charge in [-0.2, -0.15) is 8.78 Å². The van der Waals surface area contributed by atoms with Crippen molar-refractivity contribution in [1.82, 2.24) is 10.3 Å². The molecule has 2 N–H and O–H groups in total. The summed E-state index contributed by atoms with van der Waals surface area (Å²) in [6.07, 6.45) is 0.877. The van der Waals surface area contributed by atoms with Crippen LogP contribution in [0.4, 0.5) is 8.78 Å². The maximum Gasteiger partial charge on any atom is 0.387 e. The van der Waals surface area contributed by atoms with Crippen molar-refractivity contribution in [3.05, 3.63) is 59.9 Å². The lowest BCUT2D eigenvalue weighted by Gasteiger charge is -2.17. The van der Waals surface area contributed by atoms with Crippen LogP contribution in [0.2, 0.25) is 0 Å².